The number of imidazole rings is 1. The summed E-state index contributed by atoms with van der Waals surface area (Å²) in [6, 6.07) is 11.6. The fourth-order valence-corrected chi connectivity index (χ4v) is 3.35. The molecule has 1 aromatic heterocycles. The highest BCUT2D eigenvalue weighted by Gasteiger charge is 2.31. The summed E-state index contributed by atoms with van der Waals surface area (Å²) in [6.07, 6.45) is 1.90. The zero-order valence-corrected chi connectivity index (χ0v) is 14.9. The van der Waals surface area contributed by atoms with Gasteiger partial charge in [-0.05, 0) is 29.8 Å². The molecule has 1 N–H and O–H groups in total. The molecule has 0 aliphatic carbocycles. The highest BCUT2D eigenvalue weighted by atomic mass is 19.1. The lowest BCUT2D eigenvalue weighted by Crippen LogP contribution is -2.25. The van der Waals surface area contributed by atoms with Crippen LogP contribution in [0, 0.1) is 5.82 Å². The molecule has 0 saturated heterocycles. The van der Waals surface area contributed by atoms with E-state index in [0.29, 0.717) is 23.0 Å². The highest BCUT2D eigenvalue weighted by Crippen LogP contribution is 2.39. The molecule has 1 aliphatic heterocycles. The van der Waals surface area contributed by atoms with Gasteiger partial charge in [-0.15, -0.1) is 0 Å². The quantitative estimate of drug-likeness (QED) is 0.766. The van der Waals surface area contributed by atoms with E-state index < -0.39 is 0 Å². The van der Waals surface area contributed by atoms with Crippen LogP contribution in [0.25, 0.3) is 5.69 Å². The van der Waals surface area contributed by atoms with Gasteiger partial charge in [-0.2, -0.15) is 0 Å². The molecule has 27 heavy (non-hydrogen) atoms. The lowest BCUT2D eigenvalue weighted by atomic mass is 9.90. The van der Waals surface area contributed by atoms with Crippen LogP contribution in [0.15, 0.2) is 48.8 Å². The Balaban J connectivity index is 1.84. The number of nitrogens with one attached hydrogen (secondary N) is 1. The van der Waals surface area contributed by atoms with Gasteiger partial charge in [-0.1, -0.05) is 12.1 Å². The average molecular weight is 367 g/mol. The molecule has 1 amide bonds. The third-order valence-electron chi connectivity index (χ3n) is 4.69. The zero-order chi connectivity index (χ0) is 19.0. The predicted molar refractivity (Wildman–Crippen MR) is 98.2 cm³/mol. The summed E-state index contributed by atoms with van der Waals surface area (Å²) in [4.78, 5) is 16.9. The maximum Gasteiger partial charge on any atom is 0.226 e. The number of rotatable bonds is 4. The largest absolute Gasteiger partial charge is 0.497 e. The van der Waals surface area contributed by atoms with Gasteiger partial charge in [0.2, 0.25) is 5.91 Å². The minimum atomic E-state index is -0.314. The predicted octanol–water partition coefficient (Wildman–Crippen LogP) is 3.50. The van der Waals surface area contributed by atoms with E-state index in [1.54, 1.807) is 49.4 Å². The molecule has 1 aliphatic rings. The lowest BCUT2D eigenvalue weighted by molar-refractivity contribution is -0.116. The van der Waals surface area contributed by atoms with Gasteiger partial charge in [0, 0.05) is 18.4 Å². The molecule has 4 rings (SSSR count). The third-order valence-corrected chi connectivity index (χ3v) is 4.69. The van der Waals surface area contributed by atoms with Crippen molar-refractivity contribution in [3.05, 3.63) is 65.9 Å². The van der Waals surface area contributed by atoms with E-state index in [2.05, 4.69) is 10.3 Å². The Labute approximate surface area is 155 Å². The number of benzene rings is 2. The number of amides is 1. The minimum Gasteiger partial charge on any atom is -0.497 e. The molecule has 0 saturated carbocycles. The number of methoxy groups -OCH3 is 2. The van der Waals surface area contributed by atoms with E-state index in [0.717, 1.165) is 11.3 Å². The van der Waals surface area contributed by atoms with Gasteiger partial charge >= 0.3 is 0 Å². The number of aromatic nitrogens is 2. The van der Waals surface area contributed by atoms with Gasteiger partial charge in [-0.25, -0.2) is 9.37 Å². The number of carbonyl (C=O) groups excluding carboxylic acids is 1. The second-order valence-corrected chi connectivity index (χ2v) is 6.24. The number of nitrogens with zero attached hydrogens (tertiary/aromatic N) is 2. The molecule has 7 heteroatoms. The molecule has 6 nitrogen and oxygen atoms in total. The van der Waals surface area contributed by atoms with Crippen molar-refractivity contribution in [1.82, 2.24) is 9.55 Å². The summed E-state index contributed by atoms with van der Waals surface area (Å²) in [7, 11) is 3.16. The van der Waals surface area contributed by atoms with Crippen molar-refractivity contribution in [1.29, 1.82) is 0 Å². The number of fused-ring (bicyclic) bond motifs is 1. The van der Waals surface area contributed by atoms with Crippen LogP contribution in [0.4, 0.5) is 10.2 Å². The zero-order valence-electron chi connectivity index (χ0n) is 14.9. The van der Waals surface area contributed by atoms with E-state index in [9.17, 15) is 9.18 Å². The van der Waals surface area contributed by atoms with Crippen molar-refractivity contribution in [2.75, 3.05) is 19.5 Å². The van der Waals surface area contributed by atoms with Gasteiger partial charge in [0.25, 0.3) is 0 Å². The van der Waals surface area contributed by atoms with Crippen LogP contribution in [0.3, 0.4) is 0 Å². The molecule has 2 aromatic carbocycles. The normalized spacial score (nSPS) is 15.8. The maximum atomic E-state index is 13.3. The molecular weight excluding hydrogens is 349 g/mol. The van der Waals surface area contributed by atoms with Crippen molar-refractivity contribution in [2.45, 2.75) is 12.3 Å². The summed E-state index contributed by atoms with van der Waals surface area (Å²) in [5.41, 5.74) is 2.27. The van der Waals surface area contributed by atoms with Crippen LogP contribution in [-0.2, 0) is 4.79 Å². The monoisotopic (exact) mass is 367 g/mol. The van der Waals surface area contributed by atoms with E-state index in [4.69, 9.17) is 9.47 Å². The third kappa shape index (κ3) is 3.01. The molecular formula is C20H18FN3O3. The SMILES string of the molecule is COc1ccc(OC)c(-n2cnc3c2NC(=O)CC3c2ccc(F)cc2)c1. The number of ether oxygens (including phenoxy) is 2. The Morgan fingerprint density at radius 1 is 1.15 bits per heavy atom. The minimum absolute atomic E-state index is 0.125. The van der Waals surface area contributed by atoms with Crippen molar-refractivity contribution in [3.8, 4) is 17.2 Å². The van der Waals surface area contributed by atoms with Crippen LogP contribution in [-0.4, -0.2) is 29.7 Å². The van der Waals surface area contributed by atoms with Crippen LogP contribution in [0.2, 0.25) is 0 Å². The molecule has 2 heterocycles. The molecule has 0 spiro atoms. The summed E-state index contributed by atoms with van der Waals surface area (Å²) >= 11 is 0. The first-order valence-electron chi connectivity index (χ1n) is 8.45. The first kappa shape index (κ1) is 17.1. The van der Waals surface area contributed by atoms with Crippen molar-refractivity contribution >= 4 is 11.7 Å². The van der Waals surface area contributed by atoms with E-state index in [1.807, 2.05) is 6.07 Å². The standard InChI is InChI=1S/C20H18FN3O3/c1-26-14-7-8-17(27-2)16(9-14)24-11-22-19-15(10-18(25)23-20(19)24)12-3-5-13(21)6-4-12/h3-9,11,15H,10H2,1-2H3,(H,23,25). The first-order valence-corrected chi connectivity index (χ1v) is 8.45. The van der Waals surface area contributed by atoms with Gasteiger partial charge in [0.15, 0.2) is 0 Å². The van der Waals surface area contributed by atoms with Gasteiger partial charge in [0.1, 0.15) is 29.5 Å². The summed E-state index contributed by atoms with van der Waals surface area (Å²) in [5.74, 6) is 1.17. The van der Waals surface area contributed by atoms with Gasteiger partial charge < -0.3 is 14.8 Å². The molecule has 1 unspecified atom stereocenters. The second kappa shape index (κ2) is 6.75. The van der Waals surface area contributed by atoms with Crippen molar-refractivity contribution in [3.63, 3.8) is 0 Å². The number of halogens is 1. The Morgan fingerprint density at radius 2 is 1.93 bits per heavy atom. The fraction of sp³-hybridized carbons (Fsp3) is 0.200. The Hall–Kier alpha value is -3.35. The second-order valence-electron chi connectivity index (χ2n) is 6.24. The molecule has 138 valence electrons. The number of carbonyl (C=O) groups is 1. The Kier molecular flexibility index (Phi) is 4.27. The molecule has 0 bridgehead atoms. The molecule has 0 radical (unpaired) electrons. The Morgan fingerprint density at radius 3 is 2.63 bits per heavy atom. The number of hydrogen-bond acceptors (Lipinski definition) is 4. The van der Waals surface area contributed by atoms with Gasteiger partial charge in [-0.3, -0.25) is 9.36 Å². The first-order chi connectivity index (χ1) is 13.1. The van der Waals surface area contributed by atoms with Gasteiger partial charge in [0.05, 0.1) is 25.6 Å². The van der Waals surface area contributed by atoms with E-state index in [-0.39, 0.29) is 24.1 Å². The topological polar surface area (TPSA) is 65.4 Å². The van der Waals surface area contributed by atoms with Crippen LogP contribution in [0.5, 0.6) is 11.5 Å². The highest BCUT2D eigenvalue weighted by molar-refractivity contribution is 5.94. The van der Waals surface area contributed by atoms with Crippen molar-refractivity contribution in [2.24, 2.45) is 0 Å². The number of hydrogen-bond donors (Lipinski definition) is 1. The van der Waals surface area contributed by atoms with E-state index >= 15 is 0 Å². The summed E-state index contributed by atoms with van der Waals surface area (Å²) in [5, 5.41) is 2.90. The smallest absolute Gasteiger partial charge is 0.226 e. The maximum absolute atomic E-state index is 13.3. The fourth-order valence-electron chi connectivity index (χ4n) is 3.35. The molecule has 1 atom stereocenters. The molecule has 3 aromatic rings. The Bertz CT molecular complexity index is 998. The average Bonchev–Trinajstić information content (AvgIpc) is 3.11. The van der Waals surface area contributed by atoms with E-state index in [1.165, 1.54) is 12.1 Å². The van der Waals surface area contributed by atoms with Crippen molar-refractivity contribution < 1.29 is 18.7 Å². The van der Waals surface area contributed by atoms with Crippen LogP contribution >= 0.6 is 0 Å². The number of anilines is 1. The summed E-state index contributed by atoms with van der Waals surface area (Å²) in [6.45, 7) is 0. The lowest BCUT2D eigenvalue weighted by Gasteiger charge is -2.24. The summed E-state index contributed by atoms with van der Waals surface area (Å²) < 4.78 is 25.8. The van der Waals surface area contributed by atoms with Crippen LogP contribution in [0.1, 0.15) is 23.6 Å². The van der Waals surface area contributed by atoms with Crippen LogP contribution < -0.4 is 14.8 Å². The molecule has 0 fully saturated rings.